The minimum absolute atomic E-state index is 0.0497. The van der Waals surface area contributed by atoms with Gasteiger partial charge < -0.3 is 19.4 Å². The summed E-state index contributed by atoms with van der Waals surface area (Å²) in [4.78, 5) is 14.4. The van der Waals surface area contributed by atoms with Crippen molar-refractivity contribution >= 4 is 17.7 Å². The number of aliphatic hydroxyl groups is 2. The third-order valence-corrected chi connectivity index (χ3v) is 8.15. The van der Waals surface area contributed by atoms with E-state index in [-0.39, 0.29) is 22.0 Å². The lowest BCUT2D eigenvalue weighted by Crippen LogP contribution is -2.44. The summed E-state index contributed by atoms with van der Waals surface area (Å²) < 4.78 is 11.2. The van der Waals surface area contributed by atoms with E-state index in [1.54, 1.807) is 12.5 Å². The number of benzene rings is 1. The lowest BCUT2D eigenvalue weighted by molar-refractivity contribution is -0.164. The molecule has 1 aliphatic carbocycles. The van der Waals surface area contributed by atoms with Gasteiger partial charge in [-0.2, -0.15) is 0 Å². The average Bonchev–Trinajstić information content (AvgIpc) is 3.37. The van der Waals surface area contributed by atoms with Gasteiger partial charge in [-0.1, -0.05) is 52.4 Å². The Hall–Kier alpha value is -2.18. The Labute approximate surface area is 200 Å². The third kappa shape index (κ3) is 4.73. The Bertz CT molecular complexity index is 1060. The first kappa shape index (κ1) is 24.0. The van der Waals surface area contributed by atoms with Crippen LogP contribution in [0.5, 0.6) is 0 Å². The maximum absolute atomic E-state index is 13.2. The molecule has 0 spiro atoms. The molecule has 0 bridgehead atoms. The summed E-state index contributed by atoms with van der Waals surface area (Å²) in [5.41, 5.74) is 3.26. The van der Waals surface area contributed by atoms with Crippen LogP contribution < -0.4 is 0 Å². The van der Waals surface area contributed by atoms with Crippen molar-refractivity contribution in [1.82, 2.24) is 0 Å². The summed E-state index contributed by atoms with van der Waals surface area (Å²) in [5, 5.41) is 21.4. The summed E-state index contributed by atoms with van der Waals surface area (Å²) in [5.74, 6) is -0.323. The number of furan rings is 1. The molecule has 2 N–H and O–H groups in total. The Kier molecular flexibility index (Phi) is 6.45. The lowest BCUT2D eigenvalue weighted by Gasteiger charge is -2.40. The van der Waals surface area contributed by atoms with Crippen LogP contribution in [-0.4, -0.2) is 21.8 Å². The molecule has 5 nitrogen and oxygen atoms in total. The van der Waals surface area contributed by atoms with E-state index in [9.17, 15) is 15.0 Å². The highest BCUT2D eigenvalue weighted by molar-refractivity contribution is 8.04. The van der Waals surface area contributed by atoms with Crippen LogP contribution in [0.25, 0.3) is 0 Å². The summed E-state index contributed by atoms with van der Waals surface area (Å²) >= 11 is 1.29. The van der Waals surface area contributed by atoms with Crippen LogP contribution in [0.2, 0.25) is 0 Å². The molecule has 1 aromatic carbocycles. The fourth-order valence-electron chi connectivity index (χ4n) is 4.78. The number of ether oxygens (including phenoxy) is 1. The van der Waals surface area contributed by atoms with E-state index in [2.05, 4.69) is 32.9 Å². The van der Waals surface area contributed by atoms with E-state index in [1.807, 2.05) is 19.9 Å². The first-order valence-corrected chi connectivity index (χ1v) is 12.5. The maximum atomic E-state index is 13.2. The number of aliphatic hydroxyl groups excluding tert-OH is 2. The fraction of sp³-hybridized carbons (Fsp3) is 0.519. The Morgan fingerprint density at radius 3 is 2.64 bits per heavy atom. The summed E-state index contributed by atoms with van der Waals surface area (Å²) in [6.45, 7) is 10.4. The highest BCUT2D eigenvalue weighted by Gasteiger charge is 2.44. The van der Waals surface area contributed by atoms with Crippen molar-refractivity contribution in [3.63, 3.8) is 0 Å². The van der Waals surface area contributed by atoms with E-state index in [4.69, 9.17) is 9.15 Å². The molecular weight excluding hydrogens is 436 g/mol. The number of rotatable bonds is 6. The molecule has 2 unspecified atom stereocenters. The zero-order valence-electron chi connectivity index (χ0n) is 20.1. The molecule has 2 aliphatic rings. The number of carbonyl (C=O) groups is 1. The van der Waals surface area contributed by atoms with E-state index < -0.39 is 17.7 Å². The number of hydrogen-bond acceptors (Lipinski definition) is 6. The topological polar surface area (TPSA) is 79.9 Å². The SMILES string of the molecule is CC(C)C1(CCc2ccoc2)CC(O)=C(Sc2cc3c(cc2C(C)(C)C)C(O)CC3)C(=O)O1. The van der Waals surface area contributed by atoms with Crippen LogP contribution in [0.4, 0.5) is 0 Å². The minimum Gasteiger partial charge on any atom is -0.511 e. The molecule has 0 saturated carbocycles. The standard InChI is InChI=1S/C27H34O5S/c1-16(2)27(10-8-17-9-11-31-15-17)14-22(29)24(25(30)32-27)33-23-12-18-6-7-21(28)19(18)13-20(23)26(3,4)5/h9,11-13,15-16,21,28-29H,6-8,10,14H2,1-5H3. The smallest absolute Gasteiger partial charge is 0.349 e. The molecule has 178 valence electrons. The van der Waals surface area contributed by atoms with Gasteiger partial charge in [0, 0.05) is 11.3 Å². The third-order valence-electron chi connectivity index (χ3n) is 6.99. The monoisotopic (exact) mass is 470 g/mol. The molecule has 0 fully saturated rings. The van der Waals surface area contributed by atoms with Crippen LogP contribution in [0.15, 0.2) is 50.7 Å². The maximum Gasteiger partial charge on any atom is 0.349 e. The zero-order valence-corrected chi connectivity index (χ0v) is 20.9. The predicted octanol–water partition coefficient (Wildman–Crippen LogP) is 6.39. The quantitative estimate of drug-likeness (QED) is 0.476. The first-order chi connectivity index (χ1) is 15.5. The summed E-state index contributed by atoms with van der Waals surface area (Å²) in [6, 6.07) is 6.06. The van der Waals surface area contributed by atoms with Crippen LogP contribution in [0.1, 0.15) is 82.2 Å². The Balaban J connectivity index is 1.64. The van der Waals surface area contributed by atoms with Crippen LogP contribution in [-0.2, 0) is 27.8 Å². The molecule has 2 aromatic rings. The predicted molar refractivity (Wildman–Crippen MR) is 129 cm³/mol. The molecule has 2 atom stereocenters. The number of fused-ring (bicyclic) bond motifs is 1. The summed E-state index contributed by atoms with van der Waals surface area (Å²) in [7, 11) is 0. The number of aryl methyl sites for hydroxylation is 2. The van der Waals surface area contributed by atoms with Crippen molar-refractivity contribution in [2.24, 2.45) is 5.92 Å². The van der Waals surface area contributed by atoms with Gasteiger partial charge in [-0.15, -0.1) is 0 Å². The highest BCUT2D eigenvalue weighted by atomic mass is 32.2. The molecule has 2 heterocycles. The molecule has 1 aliphatic heterocycles. The molecule has 4 rings (SSSR count). The van der Waals surface area contributed by atoms with Crippen molar-refractivity contribution in [3.05, 3.63) is 63.6 Å². The van der Waals surface area contributed by atoms with E-state index in [0.29, 0.717) is 19.3 Å². The van der Waals surface area contributed by atoms with Gasteiger partial charge in [-0.05, 0) is 71.4 Å². The fourth-order valence-corrected chi connectivity index (χ4v) is 5.99. The van der Waals surface area contributed by atoms with Crippen LogP contribution in [0.3, 0.4) is 0 Å². The van der Waals surface area contributed by atoms with Gasteiger partial charge in [0.25, 0.3) is 0 Å². The normalized spacial score (nSPS) is 23.2. The van der Waals surface area contributed by atoms with Gasteiger partial charge >= 0.3 is 5.97 Å². The highest BCUT2D eigenvalue weighted by Crippen LogP contribution is 2.46. The van der Waals surface area contributed by atoms with Gasteiger partial charge in [-0.25, -0.2) is 4.79 Å². The van der Waals surface area contributed by atoms with Gasteiger partial charge in [0.1, 0.15) is 16.3 Å². The molecule has 6 heteroatoms. The number of carbonyl (C=O) groups excluding carboxylic acids is 1. The molecule has 0 radical (unpaired) electrons. The largest absolute Gasteiger partial charge is 0.511 e. The number of cyclic esters (lactones) is 1. The zero-order chi connectivity index (χ0) is 24.0. The van der Waals surface area contributed by atoms with E-state index >= 15 is 0 Å². The van der Waals surface area contributed by atoms with Crippen molar-refractivity contribution in [2.75, 3.05) is 0 Å². The molecule has 33 heavy (non-hydrogen) atoms. The van der Waals surface area contributed by atoms with Gasteiger partial charge in [-0.3, -0.25) is 0 Å². The van der Waals surface area contributed by atoms with E-state index in [0.717, 1.165) is 40.0 Å². The lowest BCUT2D eigenvalue weighted by atomic mass is 9.80. The molecular formula is C27H34O5S. The number of thioether (sulfide) groups is 1. The molecule has 1 aromatic heterocycles. The second kappa shape index (κ2) is 8.88. The second-order valence-corrected chi connectivity index (χ2v) is 11.7. The first-order valence-electron chi connectivity index (χ1n) is 11.7. The van der Waals surface area contributed by atoms with Crippen molar-refractivity contribution in [3.8, 4) is 0 Å². The summed E-state index contributed by atoms with van der Waals surface area (Å²) in [6.07, 6.45) is 6.05. The Morgan fingerprint density at radius 1 is 1.27 bits per heavy atom. The van der Waals surface area contributed by atoms with E-state index in [1.165, 1.54) is 11.8 Å². The second-order valence-electron chi connectivity index (χ2n) is 10.6. The Morgan fingerprint density at radius 2 is 2.03 bits per heavy atom. The molecule has 0 saturated heterocycles. The van der Waals surface area contributed by atoms with Gasteiger partial charge in [0.15, 0.2) is 0 Å². The minimum atomic E-state index is -0.753. The van der Waals surface area contributed by atoms with Crippen molar-refractivity contribution in [2.45, 2.75) is 88.7 Å². The average molecular weight is 471 g/mol. The van der Waals surface area contributed by atoms with Crippen LogP contribution >= 0.6 is 11.8 Å². The number of hydrogen-bond donors (Lipinski definition) is 2. The van der Waals surface area contributed by atoms with Crippen molar-refractivity contribution in [1.29, 1.82) is 0 Å². The molecule has 0 amide bonds. The van der Waals surface area contributed by atoms with Crippen LogP contribution in [0, 0.1) is 5.92 Å². The number of esters is 1. The van der Waals surface area contributed by atoms with Gasteiger partial charge in [0.05, 0.1) is 18.6 Å². The van der Waals surface area contributed by atoms with Gasteiger partial charge in [0.2, 0.25) is 0 Å². The van der Waals surface area contributed by atoms with Crippen molar-refractivity contribution < 1.29 is 24.2 Å².